The van der Waals surface area contributed by atoms with Crippen LogP contribution in [0.1, 0.15) is 54.4 Å². The normalized spacial score (nSPS) is 20.6. The lowest BCUT2D eigenvalue weighted by Crippen LogP contribution is -2.27. The number of benzene rings is 2. The van der Waals surface area contributed by atoms with Crippen molar-refractivity contribution in [3.63, 3.8) is 0 Å². The first-order valence-electron chi connectivity index (χ1n) is 11.8. The first kappa shape index (κ1) is 24.1. The number of allylic oxidation sites excluding steroid dienone is 1. The summed E-state index contributed by atoms with van der Waals surface area (Å²) < 4.78 is 34.3. The molecule has 0 amide bonds. The van der Waals surface area contributed by atoms with E-state index in [0.717, 1.165) is 44.1 Å². The van der Waals surface area contributed by atoms with Crippen molar-refractivity contribution in [2.45, 2.75) is 51.1 Å². The van der Waals surface area contributed by atoms with Crippen LogP contribution in [0.4, 0.5) is 0 Å². The van der Waals surface area contributed by atoms with Crippen molar-refractivity contribution in [1.82, 2.24) is 0 Å². The molecule has 0 aliphatic carbocycles. The lowest BCUT2D eigenvalue weighted by molar-refractivity contribution is -0.119. The highest BCUT2D eigenvalue weighted by atomic mass is 16.7. The molecule has 2 aliphatic rings. The summed E-state index contributed by atoms with van der Waals surface area (Å²) in [5.74, 6) is 2.14. The van der Waals surface area contributed by atoms with Gasteiger partial charge < -0.3 is 28.4 Å². The minimum atomic E-state index is -0.309. The van der Waals surface area contributed by atoms with Crippen molar-refractivity contribution in [2.24, 2.45) is 0 Å². The molecule has 7 heteroatoms. The smallest absolute Gasteiger partial charge is 0.200 e. The predicted octanol–water partition coefficient (Wildman–Crippen LogP) is 5.41. The Kier molecular flexibility index (Phi) is 8.44. The fourth-order valence-corrected chi connectivity index (χ4v) is 3.97. The molecule has 2 fully saturated rings. The molecule has 2 atom stereocenters. The SMILES string of the molecule is COc1ccc(C(=O)C=Cc2ccc(OC3CCCCO3)c(OC3CCCCO3)c2)cc1OC. The number of carbonyl (C=O) groups excluding carboxylic acids is 1. The van der Waals surface area contributed by atoms with Gasteiger partial charge in [-0.2, -0.15) is 0 Å². The third kappa shape index (κ3) is 6.30. The summed E-state index contributed by atoms with van der Waals surface area (Å²) in [4.78, 5) is 12.7. The minimum Gasteiger partial charge on any atom is -0.493 e. The zero-order valence-corrected chi connectivity index (χ0v) is 19.8. The first-order valence-corrected chi connectivity index (χ1v) is 11.8. The van der Waals surface area contributed by atoms with Gasteiger partial charge in [0.25, 0.3) is 0 Å². The van der Waals surface area contributed by atoms with E-state index in [9.17, 15) is 4.79 Å². The second kappa shape index (κ2) is 11.9. The van der Waals surface area contributed by atoms with E-state index in [1.807, 2.05) is 18.2 Å². The first-order chi connectivity index (χ1) is 16.7. The Hall–Kier alpha value is -3.03. The molecule has 0 aromatic heterocycles. The number of rotatable bonds is 9. The third-order valence-electron chi connectivity index (χ3n) is 5.86. The molecule has 182 valence electrons. The number of carbonyl (C=O) groups is 1. The van der Waals surface area contributed by atoms with Gasteiger partial charge in [0.15, 0.2) is 41.4 Å². The van der Waals surface area contributed by atoms with Gasteiger partial charge in [-0.1, -0.05) is 12.1 Å². The summed E-state index contributed by atoms with van der Waals surface area (Å²) >= 11 is 0. The Morgan fingerprint density at radius 1 is 0.794 bits per heavy atom. The highest BCUT2D eigenvalue weighted by Crippen LogP contribution is 2.34. The molecule has 0 saturated carbocycles. The van der Waals surface area contributed by atoms with Crippen LogP contribution in [0.3, 0.4) is 0 Å². The second-order valence-electron chi connectivity index (χ2n) is 8.30. The summed E-state index contributed by atoms with van der Waals surface area (Å²) in [6, 6.07) is 10.7. The molecule has 34 heavy (non-hydrogen) atoms. The lowest BCUT2D eigenvalue weighted by atomic mass is 10.1. The largest absolute Gasteiger partial charge is 0.493 e. The van der Waals surface area contributed by atoms with Gasteiger partial charge >= 0.3 is 0 Å². The molecule has 4 rings (SSSR count). The maximum absolute atomic E-state index is 12.7. The Morgan fingerprint density at radius 3 is 2.06 bits per heavy atom. The highest BCUT2D eigenvalue weighted by molar-refractivity contribution is 6.07. The summed E-state index contributed by atoms with van der Waals surface area (Å²) in [5, 5.41) is 0. The molecule has 0 bridgehead atoms. The molecule has 0 spiro atoms. The summed E-state index contributed by atoms with van der Waals surface area (Å²) in [5.41, 5.74) is 1.33. The van der Waals surface area contributed by atoms with Crippen molar-refractivity contribution in [1.29, 1.82) is 0 Å². The van der Waals surface area contributed by atoms with Crippen LogP contribution < -0.4 is 18.9 Å². The molecule has 2 unspecified atom stereocenters. The van der Waals surface area contributed by atoms with Crippen LogP contribution in [0, 0.1) is 0 Å². The van der Waals surface area contributed by atoms with Gasteiger partial charge in [-0.3, -0.25) is 4.79 Å². The zero-order valence-electron chi connectivity index (χ0n) is 19.8. The number of methoxy groups -OCH3 is 2. The van der Waals surface area contributed by atoms with Crippen LogP contribution in [0.2, 0.25) is 0 Å². The minimum absolute atomic E-state index is 0.144. The van der Waals surface area contributed by atoms with Crippen molar-refractivity contribution in [2.75, 3.05) is 27.4 Å². The Bertz CT molecular complexity index is 988. The van der Waals surface area contributed by atoms with Crippen LogP contribution >= 0.6 is 0 Å². The molecular weight excluding hydrogens is 436 g/mol. The van der Waals surface area contributed by atoms with Crippen LogP contribution in [0.25, 0.3) is 6.08 Å². The highest BCUT2D eigenvalue weighted by Gasteiger charge is 2.21. The van der Waals surface area contributed by atoms with Crippen molar-refractivity contribution in [3.05, 3.63) is 53.6 Å². The van der Waals surface area contributed by atoms with Gasteiger partial charge in [0.05, 0.1) is 27.4 Å². The molecule has 0 radical (unpaired) electrons. The average Bonchev–Trinajstić information content (AvgIpc) is 2.89. The Balaban J connectivity index is 1.51. The van der Waals surface area contributed by atoms with E-state index in [1.54, 1.807) is 38.5 Å². The monoisotopic (exact) mass is 468 g/mol. The molecule has 2 aromatic carbocycles. The van der Waals surface area contributed by atoms with E-state index >= 15 is 0 Å². The van der Waals surface area contributed by atoms with Crippen LogP contribution in [0.15, 0.2) is 42.5 Å². The maximum Gasteiger partial charge on any atom is 0.200 e. The van der Waals surface area contributed by atoms with E-state index in [2.05, 4.69) is 0 Å². The number of hydrogen-bond donors (Lipinski definition) is 0. The number of hydrogen-bond acceptors (Lipinski definition) is 7. The fourth-order valence-electron chi connectivity index (χ4n) is 3.97. The topological polar surface area (TPSA) is 72.5 Å². The fraction of sp³-hybridized carbons (Fsp3) is 0.444. The molecule has 2 aromatic rings. The van der Waals surface area contributed by atoms with Crippen molar-refractivity contribution < 1.29 is 33.2 Å². The summed E-state index contributed by atoms with van der Waals surface area (Å²) in [6.45, 7) is 1.39. The number of ketones is 1. The molecular formula is C27H32O7. The Morgan fingerprint density at radius 2 is 1.44 bits per heavy atom. The van der Waals surface area contributed by atoms with Gasteiger partial charge in [0, 0.05) is 18.4 Å². The van der Waals surface area contributed by atoms with Gasteiger partial charge in [-0.25, -0.2) is 0 Å². The standard InChI is InChI=1S/C27H32O7/c1-29-22-14-11-20(18-24(22)30-2)21(28)12-9-19-10-13-23(33-26-7-3-5-15-31-26)25(17-19)34-27-8-4-6-16-32-27/h9-14,17-18,26-27H,3-8,15-16H2,1-2H3. The summed E-state index contributed by atoms with van der Waals surface area (Å²) in [7, 11) is 3.10. The Labute approximate surface area is 200 Å². The lowest BCUT2D eigenvalue weighted by Gasteiger charge is -2.27. The van der Waals surface area contributed by atoms with Crippen LogP contribution in [0.5, 0.6) is 23.0 Å². The quantitative estimate of drug-likeness (QED) is 0.360. The average molecular weight is 469 g/mol. The van der Waals surface area contributed by atoms with E-state index < -0.39 is 0 Å². The second-order valence-corrected chi connectivity index (χ2v) is 8.30. The van der Waals surface area contributed by atoms with E-state index in [0.29, 0.717) is 41.8 Å². The van der Waals surface area contributed by atoms with E-state index in [-0.39, 0.29) is 18.4 Å². The molecule has 2 saturated heterocycles. The van der Waals surface area contributed by atoms with E-state index in [4.69, 9.17) is 28.4 Å². The van der Waals surface area contributed by atoms with Crippen LogP contribution in [-0.2, 0) is 9.47 Å². The summed E-state index contributed by atoms with van der Waals surface area (Å²) in [6.07, 6.45) is 8.61. The third-order valence-corrected chi connectivity index (χ3v) is 5.86. The van der Waals surface area contributed by atoms with Gasteiger partial charge in [-0.05, 0) is 67.7 Å². The van der Waals surface area contributed by atoms with Crippen molar-refractivity contribution >= 4 is 11.9 Å². The van der Waals surface area contributed by atoms with Crippen molar-refractivity contribution in [3.8, 4) is 23.0 Å². The predicted molar refractivity (Wildman–Crippen MR) is 128 cm³/mol. The molecule has 2 aliphatic heterocycles. The van der Waals surface area contributed by atoms with Gasteiger partial charge in [0.1, 0.15) is 0 Å². The van der Waals surface area contributed by atoms with Gasteiger partial charge in [0.2, 0.25) is 0 Å². The molecule has 0 N–H and O–H groups in total. The van der Waals surface area contributed by atoms with Crippen LogP contribution in [-0.4, -0.2) is 45.8 Å². The molecule has 2 heterocycles. The van der Waals surface area contributed by atoms with Gasteiger partial charge in [-0.15, -0.1) is 0 Å². The molecule has 7 nitrogen and oxygen atoms in total. The maximum atomic E-state index is 12.7. The number of ether oxygens (including phenoxy) is 6. The zero-order chi connectivity index (χ0) is 23.8. The van der Waals surface area contributed by atoms with E-state index in [1.165, 1.54) is 6.08 Å².